The molecular weight excluding hydrogens is 406 g/mol. The Bertz CT molecular complexity index is 924. The Morgan fingerprint density at radius 1 is 1.19 bits per heavy atom. The highest BCUT2D eigenvalue weighted by Crippen LogP contribution is 2.13. The molecule has 0 bridgehead atoms. The fourth-order valence-electron chi connectivity index (χ4n) is 2.97. The lowest BCUT2D eigenvalue weighted by Crippen LogP contribution is -2.25. The summed E-state index contributed by atoms with van der Waals surface area (Å²) in [5.41, 5.74) is 4.82. The minimum Gasteiger partial charge on any atom is -0.352 e. The molecule has 0 aliphatic carbocycles. The fraction of sp³-hybridized carbons (Fsp3) is 0.350. The molecule has 0 fully saturated rings. The summed E-state index contributed by atoms with van der Waals surface area (Å²) in [5, 5.41) is 11.9. The van der Waals surface area contributed by atoms with Crippen molar-refractivity contribution in [3.63, 3.8) is 0 Å². The van der Waals surface area contributed by atoms with E-state index in [0.29, 0.717) is 18.7 Å². The van der Waals surface area contributed by atoms with Crippen LogP contribution in [0.2, 0.25) is 0 Å². The molecule has 27 heavy (non-hydrogen) atoms. The first kappa shape index (κ1) is 19.4. The van der Waals surface area contributed by atoms with Crippen LogP contribution in [0.25, 0.3) is 0 Å². The molecule has 0 unspecified atom stereocenters. The molecule has 0 saturated carbocycles. The van der Waals surface area contributed by atoms with Crippen LogP contribution in [0.5, 0.6) is 0 Å². The van der Waals surface area contributed by atoms with Gasteiger partial charge in [-0.1, -0.05) is 12.1 Å². The number of amides is 1. The van der Waals surface area contributed by atoms with E-state index in [9.17, 15) is 4.79 Å². The van der Waals surface area contributed by atoms with E-state index in [1.54, 1.807) is 0 Å². The maximum atomic E-state index is 12.4. The van der Waals surface area contributed by atoms with Crippen molar-refractivity contribution in [3.8, 4) is 0 Å². The highest BCUT2D eigenvalue weighted by Gasteiger charge is 2.08. The molecule has 3 rings (SSSR count). The fourth-order valence-corrected chi connectivity index (χ4v) is 3.29. The number of halogens is 1. The third-order valence-electron chi connectivity index (χ3n) is 4.36. The van der Waals surface area contributed by atoms with Crippen molar-refractivity contribution in [1.29, 1.82) is 0 Å². The van der Waals surface area contributed by atoms with Gasteiger partial charge in [0, 0.05) is 30.5 Å². The van der Waals surface area contributed by atoms with Crippen LogP contribution in [0.15, 0.2) is 41.0 Å². The van der Waals surface area contributed by atoms with E-state index in [1.807, 2.05) is 60.6 Å². The van der Waals surface area contributed by atoms with Crippen molar-refractivity contribution in [2.24, 2.45) is 0 Å². The number of benzene rings is 1. The standard InChI is InChI=1S/C20H24BrN5O/c1-14-10-15(2)26(23-14)12-17-6-4-7-18(11-17)20(27)22-8-5-9-25-13-19(21)16(3)24-25/h4,6-7,10-11,13H,5,8-9,12H2,1-3H3,(H,22,27). The number of hydrogen-bond donors (Lipinski definition) is 1. The molecule has 7 heteroatoms. The van der Waals surface area contributed by atoms with E-state index < -0.39 is 0 Å². The lowest BCUT2D eigenvalue weighted by atomic mass is 10.1. The lowest BCUT2D eigenvalue weighted by molar-refractivity contribution is 0.0952. The van der Waals surface area contributed by atoms with Crippen molar-refractivity contribution < 1.29 is 4.79 Å². The molecular formula is C20H24BrN5O. The molecule has 2 heterocycles. The number of hydrogen-bond acceptors (Lipinski definition) is 3. The Morgan fingerprint density at radius 2 is 2.00 bits per heavy atom. The molecule has 6 nitrogen and oxygen atoms in total. The third kappa shape index (κ3) is 5.07. The van der Waals surface area contributed by atoms with Crippen molar-refractivity contribution >= 4 is 21.8 Å². The van der Waals surface area contributed by atoms with Crippen molar-refractivity contribution in [3.05, 3.63) is 69.2 Å². The van der Waals surface area contributed by atoms with Crippen LogP contribution in [-0.4, -0.2) is 32.0 Å². The highest BCUT2D eigenvalue weighted by molar-refractivity contribution is 9.10. The molecule has 1 aromatic carbocycles. The number of nitrogens with one attached hydrogen (secondary N) is 1. The van der Waals surface area contributed by atoms with Crippen molar-refractivity contribution in [2.75, 3.05) is 6.54 Å². The largest absolute Gasteiger partial charge is 0.352 e. The summed E-state index contributed by atoms with van der Waals surface area (Å²) in [6.07, 6.45) is 2.78. The second-order valence-electron chi connectivity index (χ2n) is 6.72. The van der Waals surface area contributed by atoms with Gasteiger partial charge < -0.3 is 5.32 Å². The van der Waals surface area contributed by atoms with Gasteiger partial charge in [0.15, 0.2) is 0 Å². The molecule has 0 spiro atoms. The van der Waals surface area contributed by atoms with E-state index in [4.69, 9.17) is 0 Å². The van der Waals surface area contributed by atoms with Crippen LogP contribution in [0.3, 0.4) is 0 Å². The highest BCUT2D eigenvalue weighted by atomic mass is 79.9. The van der Waals surface area contributed by atoms with E-state index in [0.717, 1.165) is 40.1 Å². The van der Waals surface area contributed by atoms with Crippen LogP contribution in [0.1, 0.15) is 39.4 Å². The van der Waals surface area contributed by atoms with Gasteiger partial charge in [-0.3, -0.25) is 14.2 Å². The molecule has 0 saturated heterocycles. The average Bonchev–Trinajstić information content (AvgIpc) is 3.12. The lowest BCUT2D eigenvalue weighted by Gasteiger charge is -2.08. The molecule has 3 aromatic rings. The van der Waals surface area contributed by atoms with Gasteiger partial charge in [0.05, 0.1) is 22.4 Å². The van der Waals surface area contributed by atoms with Crippen LogP contribution in [0.4, 0.5) is 0 Å². The Morgan fingerprint density at radius 3 is 2.67 bits per heavy atom. The molecule has 0 aliphatic heterocycles. The van der Waals surface area contributed by atoms with Crippen LogP contribution >= 0.6 is 15.9 Å². The molecule has 0 aliphatic rings. The van der Waals surface area contributed by atoms with Crippen molar-refractivity contribution in [2.45, 2.75) is 40.3 Å². The Labute approximate surface area is 167 Å². The number of carbonyl (C=O) groups is 1. The van der Waals surface area contributed by atoms with Crippen LogP contribution in [0, 0.1) is 20.8 Å². The summed E-state index contributed by atoms with van der Waals surface area (Å²) in [6, 6.07) is 9.76. The van der Waals surface area contributed by atoms with Gasteiger partial charge in [-0.2, -0.15) is 10.2 Å². The van der Waals surface area contributed by atoms with Crippen molar-refractivity contribution in [1.82, 2.24) is 24.9 Å². The minimum absolute atomic E-state index is 0.0527. The third-order valence-corrected chi connectivity index (χ3v) is 5.14. The zero-order valence-electron chi connectivity index (χ0n) is 15.9. The predicted octanol–water partition coefficient (Wildman–Crippen LogP) is 3.64. The topological polar surface area (TPSA) is 64.7 Å². The molecule has 0 radical (unpaired) electrons. The first-order valence-electron chi connectivity index (χ1n) is 9.00. The van der Waals surface area contributed by atoms with Gasteiger partial charge in [0.2, 0.25) is 0 Å². The van der Waals surface area contributed by atoms with Crippen LogP contribution in [-0.2, 0) is 13.1 Å². The van der Waals surface area contributed by atoms with Gasteiger partial charge >= 0.3 is 0 Å². The molecule has 142 valence electrons. The van der Waals surface area contributed by atoms with E-state index >= 15 is 0 Å². The first-order valence-corrected chi connectivity index (χ1v) is 9.79. The Kier molecular flexibility index (Phi) is 6.11. The zero-order chi connectivity index (χ0) is 19.4. The number of rotatable bonds is 7. The molecule has 0 atom stereocenters. The number of carbonyl (C=O) groups excluding carboxylic acids is 1. The summed E-state index contributed by atoms with van der Waals surface area (Å²) in [7, 11) is 0. The van der Waals surface area contributed by atoms with Crippen LogP contribution < -0.4 is 5.32 Å². The van der Waals surface area contributed by atoms with Gasteiger partial charge in [-0.25, -0.2) is 0 Å². The summed E-state index contributed by atoms with van der Waals surface area (Å²) in [5.74, 6) is -0.0527. The molecule has 1 N–H and O–H groups in total. The summed E-state index contributed by atoms with van der Waals surface area (Å²) in [4.78, 5) is 12.4. The van der Waals surface area contributed by atoms with E-state index in [-0.39, 0.29) is 5.91 Å². The number of nitrogens with zero attached hydrogens (tertiary/aromatic N) is 4. The summed E-state index contributed by atoms with van der Waals surface area (Å²) in [6.45, 7) is 8.02. The number of aryl methyl sites for hydroxylation is 4. The van der Waals surface area contributed by atoms with Gasteiger partial charge in [0.1, 0.15) is 0 Å². The van der Waals surface area contributed by atoms with Gasteiger partial charge in [-0.15, -0.1) is 0 Å². The number of aromatic nitrogens is 4. The second kappa shape index (κ2) is 8.52. The van der Waals surface area contributed by atoms with E-state index in [2.05, 4.69) is 37.5 Å². The van der Waals surface area contributed by atoms with Gasteiger partial charge in [0.25, 0.3) is 5.91 Å². The maximum Gasteiger partial charge on any atom is 0.251 e. The SMILES string of the molecule is Cc1cc(C)n(Cc2cccc(C(=O)NCCCn3cc(Br)c(C)n3)c2)n1. The molecule has 2 aromatic heterocycles. The van der Waals surface area contributed by atoms with E-state index in [1.165, 1.54) is 0 Å². The Balaban J connectivity index is 1.53. The zero-order valence-corrected chi connectivity index (χ0v) is 17.5. The average molecular weight is 430 g/mol. The van der Waals surface area contributed by atoms with Gasteiger partial charge in [-0.05, 0) is 66.9 Å². The first-order chi connectivity index (χ1) is 12.9. The monoisotopic (exact) mass is 429 g/mol. The summed E-state index contributed by atoms with van der Waals surface area (Å²) < 4.78 is 4.85. The predicted molar refractivity (Wildman–Crippen MR) is 109 cm³/mol. The Hall–Kier alpha value is -2.41. The second-order valence-corrected chi connectivity index (χ2v) is 7.57. The quantitative estimate of drug-likeness (QED) is 0.583. The normalized spacial score (nSPS) is 11.0. The minimum atomic E-state index is -0.0527. The summed E-state index contributed by atoms with van der Waals surface area (Å²) >= 11 is 3.46. The maximum absolute atomic E-state index is 12.4. The smallest absolute Gasteiger partial charge is 0.251 e. The molecule has 1 amide bonds.